The van der Waals surface area contributed by atoms with Crippen molar-refractivity contribution in [3.63, 3.8) is 0 Å². The van der Waals surface area contributed by atoms with Crippen LogP contribution in [-0.4, -0.2) is 38.3 Å². The molecule has 0 bridgehead atoms. The van der Waals surface area contributed by atoms with Gasteiger partial charge in [0.2, 0.25) is 0 Å². The SMILES string of the molecule is CCOc1ccc(/C(O)=C2/C(=O)C(=O)N(Cc3ccncc3)C2c2cccnc2)cc1C. The van der Waals surface area contributed by atoms with E-state index in [1.54, 1.807) is 67.3 Å². The van der Waals surface area contributed by atoms with Crippen molar-refractivity contribution in [2.75, 3.05) is 6.61 Å². The van der Waals surface area contributed by atoms with Crippen molar-refractivity contribution < 1.29 is 19.4 Å². The molecule has 2 aromatic heterocycles. The summed E-state index contributed by atoms with van der Waals surface area (Å²) in [6, 6.07) is 11.5. The molecule has 1 fully saturated rings. The third-order valence-electron chi connectivity index (χ3n) is 5.39. The van der Waals surface area contributed by atoms with Crippen molar-refractivity contribution in [1.29, 1.82) is 0 Å². The molecular formula is C25H23N3O4. The van der Waals surface area contributed by atoms with E-state index < -0.39 is 17.7 Å². The number of nitrogens with zero attached hydrogens (tertiary/aromatic N) is 3. The Morgan fingerprint density at radius 2 is 1.88 bits per heavy atom. The number of ketones is 1. The molecule has 3 heterocycles. The van der Waals surface area contributed by atoms with Crippen LogP contribution in [0.25, 0.3) is 5.76 Å². The van der Waals surface area contributed by atoms with Crippen LogP contribution < -0.4 is 4.74 Å². The fraction of sp³-hybridized carbons (Fsp3) is 0.200. The molecule has 1 aliphatic heterocycles. The number of rotatable bonds is 6. The van der Waals surface area contributed by atoms with Gasteiger partial charge in [-0.15, -0.1) is 0 Å². The second-order valence-electron chi connectivity index (χ2n) is 7.48. The average Bonchev–Trinajstić information content (AvgIpc) is 3.06. The number of carbonyl (C=O) groups excluding carboxylic acids is 2. The number of aromatic nitrogens is 2. The maximum Gasteiger partial charge on any atom is 0.295 e. The lowest BCUT2D eigenvalue weighted by Gasteiger charge is -2.25. The molecule has 1 aromatic carbocycles. The summed E-state index contributed by atoms with van der Waals surface area (Å²) < 4.78 is 5.57. The Morgan fingerprint density at radius 1 is 1.09 bits per heavy atom. The summed E-state index contributed by atoms with van der Waals surface area (Å²) in [5.41, 5.74) is 2.78. The number of aryl methyl sites for hydroxylation is 1. The monoisotopic (exact) mass is 429 g/mol. The molecule has 0 aliphatic carbocycles. The lowest BCUT2D eigenvalue weighted by molar-refractivity contribution is -0.140. The normalized spacial score (nSPS) is 17.6. The first-order valence-corrected chi connectivity index (χ1v) is 10.3. The number of Topliss-reactive ketones (excluding diaryl/α,β-unsaturated/α-hetero) is 1. The molecule has 1 aliphatic rings. The summed E-state index contributed by atoms with van der Waals surface area (Å²) in [6.45, 7) is 4.48. The molecule has 0 spiro atoms. The third kappa shape index (κ3) is 3.97. The van der Waals surface area contributed by atoms with E-state index >= 15 is 0 Å². The van der Waals surface area contributed by atoms with Gasteiger partial charge in [-0.2, -0.15) is 0 Å². The average molecular weight is 429 g/mol. The first-order valence-electron chi connectivity index (χ1n) is 10.3. The molecule has 7 nitrogen and oxygen atoms in total. The molecule has 0 saturated carbocycles. The molecule has 1 amide bonds. The minimum atomic E-state index is -0.760. The molecule has 1 saturated heterocycles. The van der Waals surface area contributed by atoms with E-state index in [0.29, 0.717) is 23.5 Å². The van der Waals surface area contributed by atoms with Crippen LogP contribution in [-0.2, 0) is 16.1 Å². The van der Waals surface area contributed by atoms with Gasteiger partial charge in [-0.3, -0.25) is 19.6 Å². The lowest BCUT2D eigenvalue weighted by atomic mass is 9.95. The van der Waals surface area contributed by atoms with E-state index in [4.69, 9.17) is 4.74 Å². The van der Waals surface area contributed by atoms with E-state index in [1.807, 2.05) is 13.8 Å². The molecular weight excluding hydrogens is 406 g/mol. The highest BCUT2D eigenvalue weighted by atomic mass is 16.5. The van der Waals surface area contributed by atoms with Gasteiger partial charge in [0.05, 0.1) is 18.2 Å². The fourth-order valence-corrected chi connectivity index (χ4v) is 3.88. The Kier molecular flexibility index (Phi) is 5.98. The second kappa shape index (κ2) is 9.01. The first-order chi connectivity index (χ1) is 15.5. The summed E-state index contributed by atoms with van der Waals surface area (Å²) in [7, 11) is 0. The number of aliphatic hydroxyl groups excluding tert-OH is 1. The van der Waals surface area contributed by atoms with Crippen LogP contribution in [0.1, 0.15) is 35.2 Å². The molecule has 4 rings (SSSR count). The van der Waals surface area contributed by atoms with Gasteiger partial charge < -0.3 is 14.7 Å². The second-order valence-corrected chi connectivity index (χ2v) is 7.48. The number of amides is 1. The highest BCUT2D eigenvalue weighted by Crippen LogP contribution is 2.40. The molecule has 1 unspecified atom stereocenters. The smallest absolute Gasteiger partial charge is 0.295 e. The Morgan fingerprint density at radius 3 is 2.53 bits per heavy atom. The Hall–Kier alpha value is -4.00. The predicted molar refractivity (Wildman–Crippen MR) is 119 cm³/mol. The van der Waals surface area contributed by atoms with Gasteiger partial charge in [-0.1, -0.05) is 6.07 Å². The Bertz CT molecular complexity index is 1180. The topological polar surface area (TPSA) is 92.6 Å². The zero-order valence-corrected chi connectivity index (χ0v) is 17.9. The quantitative estimate of drug-likeness (QED) is 0.364. The Balaban J connectivity index is 1.83. The number of hydrogen-bond acceptors (Lipinski definition) is 6. The van der Waals surface area contributed by atoms with Gasteiger partial charge in [-0.25, -0.2) is 0 Å². The van der Waals surface area contributed by atoms with Crippen LogP contribution in [0.5, 0.6) is 5.75 Å². The zero-order chi connectivity index (χ0) is 22.7. The van der Waals surface area contributed by atoms with E-state index in [-0.39, 0.29) is 17.9 Å². The summed E-state index contributed by atoms with van der Waals surface area (Å²) in [5.74, 6) is -0.914. The van der Waals surface area contributed by atoms with Gasteiger partial charge in [0.15, 0.2) is 0 Å². The summed E-state index contributed by atoms with van der Waals surface area (Å²) >= 11 is 0. The van der Waals surface area contributed by atoms with Gasteiger partial charge in [0.25, 0.3) is 11.7 Å². The van der Waals surface area contributed by atoms with Crippen LogP contribution >= 0.6 is 0 Å². The standard InChI is InChI=1S/C25H23N3O4/c1-3-32-20-7-6-18(13-16(20)2)23(29)21-22(19-5-4-10-27-14-19)28(25(31)24(21)30)15-17-8-11-26-12-9-17/h4-14,22,29H,3,15H2,1-2H3/b23-21-. The summed E-state index contributed by atoms with van der Waals surface area (Å²) in [4.78, 5) is 35.7. The highest BCUT2D eigenvalue weighted by molar-refractivity contribution is 6.46. The van der Waals surface area contributed by atoms with Gasteiger partial charge in [0, 0.05) is 36.9 Å². The van der Waals surface area contributed by atoms with Crippen LogP contribution in [0.2, 0.25) is 0 Å². The van der Waals surface area contributed by atoms with E-state index in [0.717, 1.165) is 11.1 Å². The first kappa shape index (κ1) is 21.2. The van der Waals surface area contributed by atoms with E-state index in [9.17, 15) is 14.7 Å². The minimum Gasteiger partial charge on any atom is -0.507 e. The predicted octanol–water partition coefficient (Wildman–Crippen LogP) is 3.81. The molecule has 162 valence electrons. The van der Waals surface area contributed by atoms with Crippen molar-refractivity contribution in [1.82, 2.24) is 14.9 Å². The molecule has 32 heavy (non-hydrogen) atoms. The van der Waals surface area contributed by atoms with E-state index in [1.165, 1.54) is 4.90 Å². The van der Waals surface area contributed by atoms with Crippen LogP contribution in [0.3, 0.4) is 0 Å². The maximum absolute atomic E-state index is 13.1. The summed E-state index contributed by atoms with van der Waals surface area (Å²) in [5, 5.41) is 11.2. The number of pyridine rings is 2. The number of carbonyl (C=O) groups is 2. The number of hydrogen-bond donors (Lipinski definition) is 1. The van der Waals surface area contributed by atoms with Crippen molar-refractivity contribution >= 4 is 17.4 Å². The van der Waals surface area contributed by atoms with Gasteiger partial charge in [0.1, 0.15) is 11.5 Å². The third-order valence-corrected chi connectivity index (χ3v) is 5.39. The molecule has 1 N–H and O–H groups in total. The largest absolute Gasteiger partial charge is 0.507 e. The minimum absolute atomic E-state index is 0.0422. The number of benzene rings is 1. The van der Waals surface area contributed by atoms with Gasteiger partial charge >= 0.3 is 0 Å². The van der Waals surface area contributed by atoms with Crippen molar-refractivity contribution in [3.8, 4) is 5.75 Å². The maximum atomic E-state index is 13.1. The van der Waals surface area contributed by atoms with Gasteiger partial charge in [-0.05, 0) is 66.9 Å². The Labute approximate surface area is 186 Å². The lowest BCUT2D eigenvalue weighted by Crippen LogP contribution is -2.29. The van der Waals surface area contributed by atoms with Crippen molar-refractivity contribution in [2.24, 2.45) is 0 Å². The van der Waals surface area contributed by atoms with Crippen molar-refractivity contribution in [3.05, 3.63) is 95.1 Å². The number of aliphatic hydroxyl groups is 1. The number of ether oxygens (including phenoxy) is 1. The molecule has 1 atom stereocenters. The van der Waals surface area contributed by atoms with Crippen LogP contribution in [0.4, 0.5) is 0 Å². The summed E-state index contributed by atoms with van der Waals surface area (Å²) in [6.07, 6.45) is 6.49. The molecule has 0 radical (unpaired) electrons. The number of likely N-dealkylation sites (tertiary alicyclic amines) is 1. The van der Waals surface area contributed by atoms with Crippen LogP contribution in [0, 0.1) is 6.92 Å². The molecule has 3 aromatic rings. The molecule has 7 heteroatoms. The van der Waals surface area contributed by atoms with Crippen LogP contribution in [0.15, 0.2) is 72.8 Å². The van der Waals surface area contributed by atoms with Crippen molar-refractivity contribution in [2.45, 2.75) is 26.4 Å². The zero-order valence-electron chi connectivity index (χ0n) is 17.9. The van der Waals surface area contributed by atoms with E-state index in [2.05, 4.69) is 9.97 Å². The fourth-order valence-electron chi connectivity index (χ4n) is 3.88. The highest BCUT2D eigenvalue weighted by Gasteiger charge is 2.46.